The van der Waals surface area contributed by atoms with Gasteiger partial charge in [-0.05, 0) is 26.0 Å². The van der Waals surface area contributed by atoms with E-state index >= 15 is 0 Å². The molecule has 16 heavy (non-hydrogen) atoms. The molecule has 1 fully saturated rings. The first-order valence-electron chi connectivity index (χ1n) is 6.11. The van der Waals surface area contributed by atoms with E-state index < -0.39 is 0 Å². The van der Waals surface area contributed by atoms with Crippen LogP contribution in [0.1, 0.15) is 13.8 Å². The molecule has 4 heteroatoms. The standard InChI is InChI=1S/C12H22N4/c1-11(2)14-16-8-4-3-5-12(16)15-9-6-13-7-10-15/h3-5,8,11-14H,6-7,9-10H2,1-2H3. The van der Waals surface area contributed by atoms with Crippen LogP contribution in [0.2, 0.25) is 0 Å². The lowest BCUT2D eigenvalue weighted by atomic mass is 10.2. The van der Waals surface area contributed by atoms with Gasteiger partial charge < -0.3 is 5.32 Å². The lowest BCUT2D eigenvalue weighted by molar-refractivity contribution is 0.0561. The minimum absolute atomic E-state index is 0.356. The molecule has 1 unspecified atom stereocenters. The van der Waals surface area contributed by atoms with Crippen molar-refractivity contribution in [2.75, 3.05) is 26.2 Å². The van der Waals surface area contributed by atoms with E-state index in [2.05, 4.69) is 58.9 Å². The highest BCUT2D eigenvalue weighted by Crippen LogP contribution is 2.12. The monoisotopic (exact) mass is 222 g/mol. The number of hydrogen-bond donors (Lipinski definition) is 2. The first kappa shape index (κ1) is 11.6. The quantitative estimate of drug-likeness (QED) is 0.729. The molecule has 2 rings (SSSR count). The number of nitrogens with one attached hydrogen (secondary N) is 2. The molecule has 0 bridgehead atoms. The predicted molar refractivity (Wildman–Crippen MR) is 66.6 cm³/mol. The minimum atomic E-state index is 0.356. The molecule has 0 saturated carbocycles. The zero-order valence-electron chi connectivity index (χ0n) is 10.2. The van der Waals surface area contributed by atoms with E-state index in [9.17, 15) is 0 Å². The van der Waals surface area contributed by atoms with Crippen LogP contribution in [0.5, 0.6) is 0 Å². The molecule has 0 radical (unpaired) electrons. The van der Waals surface area contributed by atoms with Crippen LogP contribution in [0, 0.1) is 0 Å². The third kappa shape index (κ3) is 2.84. The molecule has 4 nitrogen and oxygen atoms in total. The molecule has 2 aliphatic heterocycles. The number of piperazine rings is 1. The lowest BCUT2D eigenvalue weighted by Crippen LogP contribution is -2.57. The van der Waals surface area contributed by atoms with E-state index in [1.165, 1.54) is 0 Å². The summed E-state index contributed by atoms with van der Waals surface area (Å²) >= 11 is 0. The summed E-state index contributed by atoms with van der Waals surface area (Å²) < 4.78 is 0. The van der Waals surface area contributed by atoms with Gasteiger partial charge in [0.1, 0.15) is 6.17 Å². The molecule has 1 saturated heterocycles. The summed E-state index contributed by atoms with van der Waals surface area (Å²) in [5.74, 6) is 0. The smallest absolute Gasteiger partial charge is 0.116 e. The van der Waals surface area contributed by atoms with Gasteiger partial charge in [-0.3, -0.25) is 9.91 Å². The van der Waals surface area contributed by atoms with E-state index in [1.807, 2.05) is 0 Å². The van der Waals surface area contributed by atoms with Crippen LogP contribution in [0.4, 0.5) is 0 Å². The highest BCUT2D eigenvalue weighted by atomic mass is 15.6. The maximum Gasteiger partial charge on any atom is 0.116 e. The van der Waals surface area contributed by atoms with Crippen molar-refractivity contribution in [3.63, 3.8) is 0 Å². The third-order valence-corrected chi connectivity index (χ3v) is 2.86. The van der Waals surface area contributed by atoms with Crippen LogP contribution in [0.3, 0.4) is 0 Å². The fraction of sp³-hybridized carbons (Fsp3) is 0.667. The second kappa shape index (κ2) is 5.48. The summed E-state index contributed by atoms with van der Waals surface area (Å²) in [5.41, 5.74) is 3.46. The molecule has 0 amide bonds. The number of hydrogen-bond acceptors (Lipinski definition) is 4. The van der Waals surface area contributed by atoms with Gasteiger partial charge >= 0.3 is 0 Å². The molecule has 90 valence electrons. The molecule has 2 N–H and O–H groups in total. The maximum atomic E-state index is 3.46. The van der Waals surface area contributed by atoms with E-state index in [0.29, 0.717) is 12.2 Å². The van der Waals surface area contributed by atoms with Gasteiger partial charge in [0, 0.05) is 38.4 Å². The minimum Gasteiger partial charge on any atom is -0.314 e. The Bertz CT molecular complexity index is 266. The highest BCUT2D eigenvalue weighted by Gasteiger charge is 2.23. The maximum absolute atomic E-state index is 3.46. The largest absolute Gasteiger partial charge is 0.314 e. The van der Waals surface area contributed by atoms with Crippen molar-refractivity contribution in [1.82, 2.24) is 20.7 Å². The van der Waals surface area contributed by atoms with Gasteiger partial charge in [-0.1, -0.05) is 6.08 Å². The van der Waals surface area contributed by atoms with Crippen LogP contribution in [0.25, 0.3) is 0 Å². The van der Waals surface area contributed by atoms with Crippen LogP contribution in [-0.4, -0.2) is 48.3 Å². The van der Waals surface area contributed by atoms with Gasteiger partial charge in [-0.25, -0.2) is 5.43 Å². The predicted octanol–water partition coefficient (Wildman–Crippen LogP) is 0.516. The first-order valence-corrected chi connectivity index (χ1v) is 6.11. The van der Waals surface area contributed by atoms with E-state index in [4.69, 9.17) is 0 Å². The van der Waals surface area contributed by atoms with Crippen molar-refractivity contribution < 1.29 is 0 Å². The van der Waals surface area contributed by atoms with Crippen LogP contribution < -0.4 is 10.7 Å². The van der Waals surface area contributed by atoms with Gasteiger partial charge in [0.15, 0.2) is 0 Å². The average Bonchev–Trinajstić information content (AvgIpc) is 2.30. The van der Waals surface area contributed by atoms with Gasteiger partial charge in [0.05, 0.1) is 0 Å². The Kier molecular flexibility index (Phi) is 3.98. The molecule has 0 aromatic heterocycles. The number of rotatable bonds is 3. The van der Waals surface area contributed by atoms with Crippen molar-refractivity contribution >= 4 is 0 Å². The molecule has 2 heterocycles. The van der Waals surface area contributed by atoms with Crippen molar-refractivity contribution in [2.45, 2.75) is 26.1 Å². The summed E-state index contributed by atoms with van der Waals surface area (Å²) in [7, 11) is 0. The van der Waals surface area contributed by atoms with Crippen LogP contribution in [0.15, 0.2) is 24.4 Å². The summed E-state index contributed by atoms with van der Waals surface area (Å²) in [6, 6.07) is 0.460. The normalized spacial score (nSPS) is 26.7. The SMILES string of the molecule is CC(C)NN1C=CC=CC1N1CCNCC1. The zero-order chi connectivity index (χ0) is 11.4. The summed E-state index contributed by atoms with van der Waals surface area (Å²) in [6.45, 7) is 8.73. The van der Waals surface area contributed by atoms with Crippen LogP contribution >= 0.6 is 0 Å². The summed E-state index contributed by atoms with van der Waals surface area (Å²) in [5, 5.41) is 5.59. The highest BCUT2D eigenvalue weighted by molar-refractivity contribution is 5.12. The summed E-state index contributed by atoms with van der Waals surface area (Å²) in [6.07, 6.45) is 8.93. The molecular weight excluding hydrogens is 200 g/mol. The average molecular weight is 222 g/mol. The van der Waals surface area contributed by atoms with Gasteiger partial charge in [0.2, 0.25) is 0 Å². The third-order valence-electron chi connectivity index (χ3n) is 2.86. The number of hydrazine groups is 1. The van der Waals surface area contributed by atoms with E-state index in [-0.39, 0.29) is 0 Å². The Labute approximate surface area is 98.0 Å². The van der Waals surface area contributed by atoms with Gasteiger partial charge in [-0.2, -0.15) is 0 Å². The second-order valence-corrected chi connectivity index (χ2v) is 4.62. The molecule has 0 aromatic rings. The first-order chi connectivity index (χ1) is 7.77. The molecule has 2 aliphatic rings. The zero-order valence-corrected chi connectivity index (χ0v) is 10.2. The van der Waals surface area contributed by atoms with Crippen LogP contribution in [-0.2, 0) is 0 Å². The Hall–Kier alpha value is -0.840. The molecule has 0 aromatic carbocycles. The van der Waals surface area contributed by atoms with E-state index in [1.54, 1.807) is 0 Å². The fourth-order valence-electron chi connectivity index (χ4n) is 2.15. The van der Waals surface area contributed by atoms with Gasteiger partial charge in [-0.15, -0.1) is 0 Å². The molecule has 0 aliphatic carbocycles. The molecule has 0 spiro atoms. The molecular formula is C12H22N4. The lowest BCUT2D eigenvalue weighted by Gasteiger charge is -2.41. The number of nitrogens with zero attached hydrogens (tertiary/aromatic N) is 2. The fourth-order valence-corrected chi connectivity index (χ4v) is 2.15. The van der Waals surface area contributed by atoms with Crippen molar-refractivity contribution in [3.8, 4) is 0 Å². The van der Waals surface area contributed by atoms with E-state index in [0.717, 1.165) is 26.2 Å². The van der Waals surface area contributed by atoms with Crippen molar-refractivity contribution in [1.29, 1.82) is 0 Å². The Balaban J connectivity index is 1.99. The van der Waals surface area contributed by atoms with Crippen molar-refractivity contribution in [2.24, 2.45) is 0 Å². The number of allylic oxidation sites excluding steroid dienone is 2. The van der Waals surface area contributed by atoms with Gasteiger partial charge in [0.25, 0.3) is 0 Å². The Morgan fingerprint density at radius 3 is 2.69 bits per heavy atom. The Morgan fingerprint density at radius 2 is 2.00 bits per heavy atom. The second-order valence-electron chi connectivity index (χ2n) is 4.62. The molecule has 1 atom stereocenters. The summed E-state index contributed by atoms with van der Waals surface area (Å²) in [4.78, 5) is 2.49. The van der Waals surface area contributed by atoms with Crippen molar-refractivity contribution in [3.05, 3.63) is 24.4 Å². The Morgan fingerprint density at radius 1 is 1.25 bits per heavy atom. The topological polar surface area (TPSA) is 30.5 Å².